The fourth-order valence-electron chi connectivity index (χ4n) is 1.93. The van der Waals surface area contributed by atoms with Crippen molar-refractivity contribution in [3.8, 4) is 0 Å². The van der Waals surface area contributed by atoms with Crippen molar-refractivity contribution in [1.29, 1.82) is 0 Å². The lowest BCUT2D eigenvalue weighted by molar-refractivity contribution is 0.953. The van der Waals surface area contributed by atoms with E-state index in [1.54, 1.807) is 12.4 Å². The molecule has 1 aliphatic heterocycles. The Hall–Kier alpha value is -1.49. The first-order valence-corrected chi connectivity index (χ1v) is 6.29. The van der Waals surface area contributed by atoms with Crippen molar-refractivity contribution in [3.63, 3.8) is 0 Å². The molecule has 3 rings (SSSR count). The van der Waals surface area contributed by atoms with Gasteiger partial charge in [0, 0.05) is 29.8 Å². The summed E-state index contributed by atoms with van der Waals surface area (Å²) in [5, 5.41) is 3.27. The molecule has 0 unspecified atom stereocenters. The summed E-state index contributed by atoms with van der Waals surface area (Å²) in [5.41, 5.74) is 3.00. The number of halogens is 1. The number of hydrogen-bond donors (Lipinski definition) is 1. The standard InChI is InChI=1S/C12H11BrN4/c13-11-8(7-10-15-4-5-16-10)1-2-9-12(11)17-6-3-14-9/h1-3,6H,4-5,7H2,(H,15,16). The van der Waals surface area contributed by atoms with Gasteiger partial charge in [-0.15, -0.1) is 0 Å². The number of hydrogen-bond acceptors (Lipinski definition) is 4. The van der Waals surface area contributed by atoms with E-state index in [0.29, 0.717) is 0 Å². The molecule has 86 valence electrons. The molecular formula is C12H11BrN4. The maximum Gasteiger partial charge on any atom is 0.103 e. The molecule has 0 spiro atoms. The second kappa shape index (κ2) is 4.41. The molecule has 4 nitrogen and oxygen atoms in total. The highest BCUT2D eigenvalue weighted by Crippen LogP contribution is 2.25. The van der Waals surface area contributed by atoms with E-state index in [4.69, 9.17) is 0 Å². The predicted octanol–water partition coefficient (Wildman–Crippen LogP) is 1.94. The molecule has 2 heterocycles. The number of fused-ring (bicyclic) bond motifs is 1. The maximum absolute atomic E-state index is 4.40. The number of rotatable bonds is 2. The quantitative estimate of drug-likeness (QED) is 0.920. The molecule has 0 atom stereocenters. The van der Waals surface area contributed by atoms with Crippen molar-refractivity contribution in [2.24, 2.45) is 4.99 Å². The average Bonchev–Trinajstić information content (AvgIpc) is 2.86. The van der Waals surface area contributed by atoms with E-state index in [1.807, 2.05) is 6.07 Å². The Bertz CT molecular complexity index is 594. The minimum absolute atomic E-state index is 0.813. The summed E-state index contributed by atoms with van der Waals surface area (Å²) in [5.74, 6) is 1.05. The monoisotopic (exact) mass is 290 g/mol. The van der Waals surface area contributed by atoms with Gasteiger partial charge in [-0.25, -0.2) is 0 Å². The van der Waals surface area contributed by atoms with Gasteiger partial charge in [0.25, 0.3) is 0 Å². The fraction of sp³-hybridized carbons (Fsp3) is 0.250. The second-order valence-corrected chi connectivity index (χ2v) is 4.69. The lowest BCUT2D eigenvalue weighted by Crippen LogP contribution is -2.20. The summed E-state index contributed by atoms with van der Waals surface area (Å²) in [7, 11) is 0. The van der Waals surface area contributed by atoms with Gasteiger partial charge >= 0.3 is 0 Å². The van der Waals surface area contributed by atoms with Crippen molar-refractivity contribution in [3.05, 3.63) is 34.6 Å². The van der Waals surface area contributed by atoms with E-state index in [1.165, 1.54) is 5.56 Å². The van der Waals surface area contributed by atoms with Crippen molar-refractivity contribution >= 4 is 32.8 Å². The highest BCUT2D eigenvalue weighted by atomic mass is 79.9. The molecule has 0 bridgehead atoms. The van der Waals surface area contributed by atoms with Crippen LogP contribution in [0.2, 0.25) is 0 Å². The number of aliphatic imine (C=N–C) groups is 1. The van der Waals surface area contributed by atoms with E-state index in [-0.39, 0.29) is 0 Å². The number of amidine groups is 1. The SMILES string of the molecule is Brc1c(CC2=NCCN2)ccc2nccnc12. The number of nitrogens with one attached hydrogen (secondary N) is 1. The van der Waals surface area contributed by atoms with Gasteiger partial charge in [-0.1, -0.05) is 6.07 Å². The van der Waals surface area contributed by atoms with Gasteiger partial charge in [-0.05, 0) is 27.6 Å². The molecule has 1 aliphatic rings. The van der Waals surface area contributed by atoms with E-state index in [9.17, 15) is 0 Å². The van der Waals surface area contributed by atoms with Crippen LogP contribution in [0, 0.1) is 0 Å². The first-order valence-electron chi connectivity index (χ1n) is 5.50. The molecule has 1 aromatic carbocycles. The van der Waals surface area contributed by atoms with Crippen LogP contribution in [0.15, 0.2) is 34.0 Å². The smallest absolute Gasteiger partial charge is 0.103 e. The minimum atomic E-state index is 0.813. The fourth-order valence-corrected chi connectivity index (χ4v) is 2.50. The Kier molecular flexibility index (Phi) is 2.76. The Morgan fingerprint density at radius 1 is 1.24 bits per heavy atom. The molecule has 0 amide bonds. The third kappa shape index (κ3) is 2.02. The van der Waals surface area contributed by atoms with Crippen LogP contribution >= 0.6 is 15.9 Å². The van der Waals surface area contributed by atoms with Crippen molar-refractivity contribution in [2.75, 3.05) is 13.1 Å². The number of aromatic nitrogens is 2. The zero-order chi connectivity index (χ0) is 11.7. The van der Waals surface area contributed by atoms with Crippen LogP contribution in [-0.4, -0.2) is 28.9 Å². The van der Waals surface area contributed by atoms with Gasteiger partial charge in [0.15, 0.2) is 0 Å². The summed E-state index contributed by atoms with van der Waals surface area (Å²) in [6, 6.07) is 4.07. The first-order chi connectivity index (χ1) is 8.34. The van der Waals surface area contributed by atoms with Gasteiger partial charge in [-0.3, -0.25) is 15.0 Å². The maximum atomic E-state index is 4.40. The van der Waals surface area contributed by atoms with Gasteiger partial charge < -0.3 is 5.32 Å². The van der Waals surface area contributed by atoms with Gasteiger partial charge in [-0.2, -0.15) is 0 Å². The molecule has 0 saturated heterocycles. The van der Waals surface area contributed by atoms with Crippen LogP contribution in [0.4, 0.5) is 0 Å². The Balaban J connectivity index is 2.02. The van der Waals surface area contributed by atoms with E-state index in [2.05, 4.69) is 42.3 Å². The molecule has 5 heteroatoms. The highest BCUT2D eigenvalue weighted by molar-refractivity contribution is 9.10. The van der Waals surface area contributed by atoms with E-state index < -0.39 is 0 Å². The summed E-state index contributed by atoms with van der Waals surface area (Å²) in [4.78, 5) is 13.0. The van der Waals surface area contributed by atoms with Gasteiger partial charge in [0.2, 0.25) is 0 Å². The van der Waals surface area contributed by atoms with Crippen LogP contribution in [0.25, 0.3) is 11.0 Å². The normalized spacial score (nSPS) is 14.8. The Labute approximate surface area is 107 Å². The summed E-state index contributed by atoms with van der Waals surface area (Å²) < 4.78 is 1.01. The van der Waals surface area contributed by atoms with Crippen LogP contribution < -0.4 is 5.32 Å². The Morgan fingerprint density at radius 3 is 2.94 bits per heavy atom. The van der Waals surface area contributed by atoms with Gasteiger partial charge in [0.05, 0.1) is 12.1 Å². The van der Waals surface area contributed by atoms with E-state index >= 15 is 0 Å². The molecule has 0 radical (unpaired) electrons. The van der Waals surface area contributed by atoms with Crippen LogP contribution in [0.1, 0.15) is 5.56 Å². The molecule has 17 heavy (non-hydrogen) atoms. The minimum Gasteiger partial charge on any atom is -0.372 e. The van der Waals surface area contributed by atoms with Crippen molar-refractivity contribution < 1.29 is 0 Å². The molecular weight excluding hydrogens is 280 g/mol. The molecule has 0 fully saturated rings. The molecule has 2 aromatic rings. The topological polar surface area (TPSA) is 50.2 Å². The summed E-state index contributed by atoms with van der Waals surface area (Å²) in [6.07, 6.45) is 4.23. The van der Waals surface area contributed by atoms with Crippen LogP contribution in [0.3, 0.4) is 0 Å². The molecule has 0 aliphatic carbocycles. The number of nitrogens with zero attached hydrogens (tertiary/aromatic N) is 3. The zero-order valence-electron chi connectivity index (χ0n) is 9.15. The van der Waals surface area contributed by atoms with Gasteiger partial charge in [0.1, 0.15) is 11.4 Å². The number of benzene rings is 1. The first kappa shape index (κ1) is 10.7. The molecule has 0 saturated carbocycles. The Morgan fingerprint density at radius 2 is 2.12 bits per heavy atom. The summed E-state index contributed by atoms with van der Waals surface area (Å²) >= 11 is 3.60. The van der Waals surface area contributed by atoms with Crippen LogP contribution in [0.5, 0.6) is 0 Å². The lowest BCUT2D eigenvalue weighted by atomic mass is 10.1. The third-order valence-corrected chi connectivity index (χ3v) is 3.65. The molecule has 1 aromatic heterocycles. The van der Waals surface area contributed by atoms with Crippen molar-refractivity contribution in [2.45, 2.75) is 6.42 Å². The largest absolute Gasteiger partial charge is 0.372 e. The van der Waals surface area contributed by atoms with Crippen LogP contribution in [-0.2, 0) is 6.42 Å². The average molecular weight is 291 g/mol. The van der Waals surface area contributed by atoms with E-state index in [0.717, 1.165) is 40.9 Å². The lowest BCUT2D eigenvalue weighted by Gasteiger charge is -2.07. The summed E-state index contributed by atoms with van der Waals surface area (Å²) in [6.45, 7) is 1.82. The predicted molar refractivity (Wildman–Crippen MR) is 71.2 cm³/mol. The van der Waals surface area contributed by atoms with Crippen molar-refractivity contribution in [1.82, 2.24) is 15.3 Å². The second-order valence-electron chi connectivity index (χ2n) is 3.89. The molecule has 1 N–H and O–H groups in total. The highest BCUT2D eigenvalue weighted by Gasteiger charge is 2.11. The third-order valence-electron chi connectivity index (χ3n) is 2.76. The zero-order valence-corrected chi connectivity index (χ0v) is 10.7.